The van der Waals surface area contributed by atoms with Gasteiger partial charge in [-0.2, -0.15) is 0 Å². The standard InChI is InChI=1S/C6H14.C5H10O2/c1-3-5-6-4-2;1-5(6)3-4-7-2/h3-6H2,1-2H3;3-4H2,1-2H3. The van der Waals surface area contributed by atoms with Gasteiger partial charge in [0, 0.05) is 13.5 Å². The van der Waals surface area contributed by atoms with Gasteiger partial charge in [-0.1, -0.05) is 39.5 Å². The van der Waals surface area contributed by atoms with Gasteiger partial charge in [0.15, 0.2) is 0 Å². The topological polar surface area (TPSA) is 26.3 Å². The molecule has 0 aromatic rings. The second kappa shape index (κ2) is 14.2. The Morgan fingerprint density at radius 1 is 1.15 bits per heavy atom. The average Bonchev–Trinajstić information content (AvgIpc) is 2.12. The Hall–Kier alpha value is -0.370. The molecule has 2 heteroatoms. The van der Waals surface area contributed by atoms with Gasteiger partial charge in [-0.25, -0.2) is 0 Å². The van der Waals surface area contributed by atoms with Crippen molar-refractivity contribution in [3.05, 3.63) is 0 Å². The van der Waals surface area contributed by atoms with E-state index in [4.69, 9.17) is 0 Å². The second-order valence-electron chi connectivity index (χ2n) is 3.15. The first-order chi connectivity index (χ1) is 6.18. The summed E-state index contributed by atoms with van der Waals surface area (Å²) in [5.74, 6) is 0.182. The van der Waals surface area contributed by atoms with Crippen LogP contribution in [0.3, 0.4) is 0 Å². The van der Waals surface area contributed by atoms with E-state index in [-0.39, 0.29) is 5.78 Å². The zero-order valence-electron chi connectivity index (χ0n) is 9.56. The predicted molar refractivity (Wildman–Crippen MR) is 57.0 cm³/mol. The lowest BCUT2D eigenvalue weighted by atomic mass is 10.2. The Balaban J connectivity index is 0. The van der Waals surface area contributed by atoms with E-state index in [1.54, 1.807) is 14.0 Å². The molecule has 0 bridgehead atoms. The molecule has 0 N–H and O–H groups in total. The fraction of sp³-hybridized carbons (Fsp3) is 0.909. The van der Waals surface area contributed by atoms with E-state index in [1.807, 2.05) is 0 Å². The second-order valence-corrected chi connectivity index (χ2v) is 3.15. The van der Waals surface area contributed by atoms with Gasteiger partial charge in [-0.3, -0.25) is 4.79 Å². The summed E-state index contributed by atoms with van der Waals surface area (Å²) in [6.07, 6.45) is 6.07. The van der Waals surface area contributed by atoms with Gasteiger partial charge in [0.05, 0.1) is 6.61 Å². The van der Waals surface area contributed by atoms with Crippen LogP contribution in [0.15, 0.2) is 0 Å². The van der Waals surface area contributed by atoms with Crippen molar-refractivity contribution in [2.75, 3.05) is 13.7 Å². The third-order valence-electron chi connectivity index (χ3n) is 1.62. The van der Waals surface area contributed by atoms with Crippen molar-refractivity contribution in [1.29, 1.82) is 0 Å². The van der Waals surface area contributed by atoms with Crippen molar-refractivity contribution in [3.8, 4) is 0 Å². The van der Waals surface area contributed by atoms with Gasteiger partial charge in [0.25, 0.3) is 0 Å². The van der Waals surface area contributed by atoms with E-state index in [9.17, 15) is 4.79 Å². The predicted octanol–water partition coefficient (Wildman–Crippen LogP) is 3.20. The Morgan fingerprint density at radius 3 is 1.77 bits per heavy atom. The zero-order chi connectivity index (χ0) is 10.5. The van der Waals surface area contributed by atoms with E-state index < -0.39 is 0 Å². The summed E-state index contributed by atoms with van der Waals surface area (Å²) < 4.78 is 4.63. The molecule has 0 fully saturated rings. The number of Topliss-reactive ketones (excluding diaryl/α,β-unsaturated/α-hetero) is 1. The Bertz CT molecular complexity index is 96.3. The number of rotatable bonds is 6. The summed E-state index contributed by atoms with van der Waals surface area (Å²) in [5.41, 5.74) is 0. The van der Waals surface area contributed by atoms with Crippen molar-refractivity contribution in [3.63, 3.8) is 0 Å². The van der Waals surface area contributed by atoms with Crippen molar-refractivity contribution in [2.45, 2.75) is 52.9 Å². The maximum Gasteiger partial charge on any atom is 0.132 e. The van der Waals surface area contributed by atoms with Gasteiger partial charge in [0.1, 0.15) is 5.78 Å². The maximum atomic E-state index is 10.1. The van der Waals surface area contributed by atoms with Gasteiger partial charge in [-0.15, -0.1) is 0 Å². The first-order valence-corrected chi connectivity index (χ1v) is 5.17. The van der Waals surface area contributed by atoms with Crippen LogP contribution in [0, 0.1) is 0 Å². The van der Waals surface area contributed by atoms with Crippen molar-refractivity contribution in [2.24, 2.45) is 0 Å². The highest BCUT2D eigenvalue weighted by atomic mass is 16.5. The minimum Gasteiger partial charge on any atom is -0.384 e. The van der Waals surface area contributed by atoms with E-state index in [2.05, 4.69) is 18.6 Å². The van der Waals surface area contributed by atoms with Gasteiger partial charge in [0.2, 0.25) is 0 Å². The number of ether oxygens (including phenoxy) is 1. The molecule has 0 aliphatic rings. The summed E-state index contributed by atoms with van der Waals surface area (Å²) in [7, 11) is 1.59. The molecule has 80 valence electrons. The third-order valence-corrected chi connectivity index (χ3v) is 1.62. The molecule has 0 unspecified atom stereocenters. The van der Waals surface area contributed by atoms with Crippen LogP contribution in [0.25, 0.3) is 0 Å². The Kier molecular flexibility index (Phi) is 16.5. The molecular formula is C11H24O2. The molecule has 0 radical (unpaired) electrons. The largest absolute Gasteiger partial charge is 0.384 e. The van der Waals surface area contributed by atoms with Crippen LogP contribution in [-0.2, 0) is 9.53 Å². The normalized spacial score (nSPS) is 8.92. The molecule has 0 heterocycles. The molecule has 0 spiro atoms. The van der Waals surface area contributed by atoms with Crippen LogP contribution in [0.5, 0.6) is 0 Å². The number of carbonyl (C=O) groups is 1. The van der Waals surface area contributed by atoms with Gasteiger partial charge < -0.3 is 4.74 Å². The fourth-order valence-electron chi connectivity index (χ4n) is 0.746. The lowest BCUT2D eigenvalue weighted by Crippen LogP contribution is -1.95. The van der Waals surface area contributed by atoms with Crippen LogP contribution >= 0.6 is 0 Å². The molecular weight excluding hydrogens is 164 g/mol. The Morgan fingerprint density at radius 2 is 1.62 bits per heavy atom. The highest BCUT2D eigenvalue weighted by Gasteiger charge is 1.87. The summed E-state index contributed by atoms with van der Waals surface area (Å²) in [5, 5.41) is 0. The van der Waals surface area contributed by atoms with Crippen LogP contribution in [0.4, 0.5) is 0 Å². The number of hydrogen-bond acceptors (Lipinski definition) is 2. The van der Waals surface area contributed by atoms with Crippen molar-refractivity contribution >= 4 is 5.78 Å². The molecule has 0 amide bonds. The summed E-state index contributed by atoms with van der Waals surface area (Å²) in [6, 6.07) is 0. The number of methoxy groups -OCH3 is 1. The van der Waals surface area contributed by atoms with Crippen LogP contribution in [0.2, 0.25) is 0 Å². The highest BCUT2D eigenvalue weighted by molar-refractivity contribution is 5.75. The molecule has 0 aromatic heterocycles. The molecule has 2 nitrogen and oxygen atoms in total. The van der Waals surface area contributed by atoms with E-state index in [0.717, 1.165) is 0 Å². The number of carbonyl (C=O) groups excluding carboxylic acids is 1. The van der Waals surface area contributed by atoms with E-state index in [0.29, 0.717) is 13.0 Å². The van der Waals surface area contributed by atoms with Crippen LogP contribution in [0.1, 0.15) is 52.9 Å². The summed E-state index contributed by atoms with van der Waals surface area (Å²) in [6.45, 7) is 6.57. The third kappa shape index (κ3) is 24.5. The number of ketones is 1. The molecule has 0 aliphatic heterocycles. The first kappa shape index (κ1) is 15.1. The average molecular weight is 188 g/mol. The lowest BCUT2D eigenvalue weighted by molar-refractivity contribution is -0.117. The highest BCUT2D eigenvalue weighted by Crippen LogP contribution is 1.95. The molecule has 0 saturated heterocycles. The van der Waals surface area contributed by atoms with Gasteiger partial charge >= 0.3 is 0 Å². The number of unbranched alkanes of at least 4 members (excludes halogenated alkanes) is 3. The summed E-state index contributed by atoms with van der Waals surface area (Å²) >= 11 is 0. The SMILES string of the molecule is CCCCCC.COCCC(C)=O. The van der Waals surface area contributed by atoms with E-state index >= 15 is 0 Å². The minimum absolute atomic E-state index is 0.182. The fourth-order valence-corrected chi connectivity index (χ4v) is 0.746. The van der Waals surface area contributed by atoms with Crippen LogP contribution < -0.4 is 0 Å². The molecule has 0 atom stereocenters. The summed E-state index contributed by atoms with van der Waals surface area (Å²) in [4.78, 5) is 10.1. The molecule has 0 saturated carbocycles. The smallest absolute Gasteiger partial charge is 0.132 e. The van der Waals surface area contributed by atoms with Crippen molar-refractivity contribution in [1.82, 2.24) is 0 Å². The van der Waals surface area contributed by atoms with Crippen molar-refractivity contribution < 1.29 is 9.53 Å². The molecule has 0 aromatic carbocycles. The van der Waals surface area contributed by atoms with E-state index in [1.165, 1.54) is 25.7 Å². The quantitative estimate of drug-likeness (QED) is 0.598. The maximum absolute atomic E-state index is 10.1. The zero-order valence-corrected chi connectivity index (χ0v) is 9.56. The number of hydrogen-bond donors (Lipinski definition) is 0. The molecule has 13 heavy (non-hydrogen) atoms. The molecule has 0 aliphatic carbocycles. The Labute approximate surface area is 82.7 Å². The van der Waals surface area contributed by atoms with Crippen LogP contribution in [-0.4, -0.2) is 19.5 Å². The first-order valence-electron chi connectivity index (χ1n) is 5.17. The lowest BCUT2D eigenvalue weighted by Gasteiger charge is -1.89. The monoisotopic (exact) mass is 188 g/mol. The molecule has 0 rings (SSSR count). The minimum atomic E-state index is 0.182. The van der Waals surface area contributed by atoms with Gasteiger partial charge in [-0.05, 0) is 6.92 Å².